The van der Waals surface area contributed by atoms with Crippen LogP contribution in [0.25, 0.3) is 0 Å². The smallest absolute Gasteiger partial charge is 0.0940 e. The average Bonchev–Trinajstić information content (AvgIpc) is 2.92. The van der Waals surface area contributed by atoms with Crippen molar-refractivity contribution >= 4 is 11.3 Å². The molecule has 1 aliphatic rings. The van der Waals surface area contributed by atoms with E-state index in [9.17, 15) is 5.11 Å². The van der Waals surface area contributed by atoms with Crippen molar-refractivity contribution in [1.82, 2.24) is 0 Å². The number of hydrogen-bond acceptors (Lipinski definition) is 3. The van der Waals surface area contributed by atoms with E-state index in [1.54, 1.807) is 11.3 Å². The first-order chi connectivity index (χ1) is 9.16. The maximum absolute atomic E-state index is 10.6. The van der Waals surface area contributed by atoms with Gasteiger partial charge in [0.2, 0.25) is 0 Å². The Labute approximate surface area is 120 Å². The van der Waals surface area contributed by atoms with Gasteiger partial charge in [-0.25, -0.2) is 0 Å². The number of aryl methyl sites for hydroxylation is 1. The van der Waals surface area contributed by atoms with Crippen LogP contribution in [0.2, 0.25) is 0 Å². The third-order valence-corrected chi connectivity index (χ3v) is 5.34. The van der Waals surface area contributed by atoms with Gasteiger partial charge < -0.3 is 9.84 Å². The quantitative estimate of drug-likeness (QED) is 0.853. The summed E-state index contributed by atoms with van der Waals surface area (Å²) >= 11 is 1.77. The monoisotopic (exact) mass is 282 g/mol. The zero-order valence-electron chi connectivity index (χ0n) is 12.1. The topological polar surface area (TPSA) is 29.5 Å². The van der Waals surface area contributed by atoms with Crippen LogP contribution in [0.15, 0.2) is 17.5 Å². The third-order valence-electron chi connectivity index (χ3n) is 4.40. The Hall–Kier alpha value is -0.380. The standard InChI is InChI=1S/C16H26O2S/c1-3-18-16(10-8-13(2)9-11-16)15(17)7-6-14-5-4-12-19-14/h4-5,12-13,15,17H,3,6-11H2,1-2H3. The molecule has 0 saturated heterocycles. The third kappa shape index (κ3) is 3.80. The van der Waals surface area contributed by atoms with Gasteiger partial charge in [0, 0.05) is 11.5 Å². The molecule has 1 fully saturated rings. The highest BCUT2D eigenvalue weighted by Gasteiger charge is 2.40. The lowest BCUT2D eigenvalue weighted by molar-refractivity contribution is -0.145. The number of aliphatic hydroxyl groups excluding tert-OH is 1. The molecule has 2 rings (SSSR count). The summed E-state index contributed by atoms with van der Waals surface area (Å²) in [6.07, 6.45) is 5.81. The molecule has 0 aromatic carbocycles. The summed E-state index contributed by atoms with van der Waals surface area (Å²) in [6, 6.07) is 4.22. The second kappa shape index (κ2) is 6.87. The van der Waals surface area contributed by atoms with Crippen LogP contribution in [0.5, 0.6) is 0 Å². The number of hydrogen-bond donors (Lipinski definition) is 1. The minimum Gasteiger partial charge on any atom is -0.390 e. The first-order valence-electron chi connectivity index (χ1n) is 7.50. The maximum Gasteiger partial charge on any atom is 0.0940 e. The molecule has 0 aliphatic heterocycles. The van der Waals surface area contributed by atoms with Crippen LogP contribution in [-0.4, -0.2) is 23.4 Å². The Morgan fingerprint density at radius 1 is 1.47 bits per heavy atom. The molecule has 108 valence electrons. The van der Waals surface area contributed by atoms with E-state index < -0.39 is 0 Å². The lowest BCUT2D eigenvalue weighted by atomic mass is 9.75. The van der Waals surface area contributed by atoms with Crippen LogP contribution in [0.4, 0.5) is 0 Å². The van der Waals surface area contributed by atoms with Crippen molar-refractivity contribution in [2.24, 2.45) is 5.92 Å². The summed E-state index contributed by atoms with van der Waals surface area (Å²) < 4.78 is 6.00. The van der Waals surface area contributed by atoms with Crippen molar-refractivity contribution < 1.29 is 9.84 Å². The molecule has 1 saturated carbocycles. The molecule has 1 atom stereocenters. The van der Waals surface area contributed by atoms with Crippen LogP contribution in [0.3, 0.4) is 0 Å². The zero-order chi connectivity index (χ0) is 13.7. The SMILES string of the molecule is CCOC1(C(O)CCc2cccs2)CCC(C)CC1. The summed E-state index contributed by atoms with van der Waals surface area (Å²) in [5.41, 5.74) is -0.279. The van der Waals surface area contributed by atoms with Crippen LogP contribution in [-0.2, 0) is 11.2 Å². The van der Waals surface area contributed by atoms with E-state index in [-0.39, 0.29) is 11.7 Å². The minimum absolute atomic E-state index is 0.279. The lowest BCUT2D eigenvalue weighted by Crippen LogP contribution is -2.47. The molecule has 1 heterocycles. The van der Waals surface area contributed by atoms with Crippen LogP contribution in [0.1, 0.15) is 50.8 Å². The molecule has 3 heteroatoms. The van der Waals surface area contributed by atoms with Crippen molar-refractivity contribution in [2.45, 2.75) is 64.1 Å². The van der Waals surface area contributed by atoms with Crippen molar-refractivity contribution in [2.75, 3.05) is 6.61 Å². The van der Waals surface area contributed by atoms with Gasteiger partial charge >= 0.3 is 0 Å². The molecule has 0 radical (unpaired) electrons. The van der Waals surface area contributed by atoms with Gasteiger partial charge in [-0.2, -0.15) is 0 Å². The molecule has 0 bridgehead atoms. The number of thiophene rings is 1. The number of aliphatic hydroxyl groups is 1. The van der Waals surface area contributed by atoms with E-state index in [2.05, 4.69) is 24.4 Å². The van der Waals surface area contributed by atoms with Crippen LogP contribution < -0.4 is 0 Å². The van der Waals surface area contributed by atoms with Gasteiger partial charge in [0.05, 0.1) is 11.7 Å². The van der Waals surface area contributed by atoms with Gasteiger partial charge in [-0.05, 0) is 62.8 Å². The maximum atomic E-state index is 10.6. The van der Waals surface area contributed by atoms with E-state index >= 15 is 0 Å². The van der Waals surface area contributed by atoms with Crippen LogP contribution >= 0.6 is 11.3 Å². The predicted octanol–water partition coefficient (Wildman–Crippen LogP) is 4.03. The summed E-state index contributed by atoms with van der Waals surface area (Å²) in [7, 11) is 0. The van der Waals surface area contributed by atoms with Crippen molar-refractivity contribution in [3.8, 4) is 0 Å². The zero-order valence-corrected chi connectivity index (χ0v) is 12.9. The first-order valence-corrected chi connectivity index (χ1v) is 8.38. The van der Waals surface area contributed by atoms with Crippen molar-refractivity contribution in [3.63, 3.8) is 0 Å². The summed E-state index contributed by atoms with van der Waals surface area (Å²) in [5, 5.41) is 12.7. The molecule has 1 N–H and O–H groups in total. The Morgan fingerprint density at radius 3 is 2.79 bits per heavy atom. The Bertz CT molecular complexity index is 353. The van der Waals surface area contributed by atoms with Gasteiger partial charge in [-0.1, -0.05) is 13.0 Å². The highest BCUT2D eigenvalue weighted by atomic mass is 32.1. The highest BCUT2D eigenvalue weighted by Crippen LogP contribution is 2.38. The fourth-order valence-electron chi connectivity index (χ4n) is 3.11. The van der Waals surface area contributed by atoms with E-state index in [0.717, 1.165) is 31.6 Å². The minimum atomic E-state index is -0.331. The number of rotatable bonds is 6. The normalized spacial score (nSPS) is 29.3. The molecule has 1 unspecified atom stereocenters. The van der Waals surface area contributed by atoms with Gasteiger partial charge in [0.1, 0.15) is 0 Å². The molecule has 1 aromatic rings. The molecule has 1 aromatic heterocycles. The van der Waals surface area contributed by atoms with E-state index in [1.165, 1.54) is 17.7 Å². The molecule has 1 aliphatic carbocycles. The number of ether oxygens (including phenoxy) is 1. The van der Waals surface area contributed by atoms with Gasteiger partial charge in [0.15, 0.2) is 0 Å². The fourth-order valence-corrected chi connectivity index (χ4v) is 3.83. The van der Waals surface area contributed by atoms with Crippen LogP contribution in [0, 0.1) is 5.92 Å². The molecular formula is C16H26O2S. The second-order valence-corrected chi connectivity index (χ2v) is 6.85. The summed E-state index contributed by atoms with van der Waals surface area (Å²) in [4.78, 5) is 1.36. The van der Waals surface area contributed by atoms with Crippen molar-refractivity contribution in [1.29, 1.82) is 0 Å². The molecular weight excluding hydrogens is 256 g/mol. The fraction of sp³-hybridized carbons (Fsp3) is 0.750. The summed E-state index contributed by atoms with van der Waals surface area (Å²) in [6.45, 7) is 5.03. The second-order valence-electron chi connectivity index (χ2n) is 5.81. The largest absolute Gasteiger partial charge is 0.390 e. The van der Waals surface area contributed by atoms with Gasteiger partial charge in [0.25, 0.3) is 0 Å². The van der Waals surface area contributed by atoms with Gasteiger partial charge in [-0.15, -0.1) is 11.3 Å². The average molecular weight is 282 g/mol. The predicted molar refractivity (Wildman–Crippen MR) is 80.6 cm³/mol. The Balaban J connectivity index is 1.93. The highest BCUT2D eigenvalue weighted by molar-refractivity contribution is 7.09. The molecule has 2 nitrogen and oxygen atoms in total. The lowest BCUT2D eigenvalue weighted by Gasteiger charge is -2.42. The van der Waals surface area contributed by atoms with Gasteiger partial charge in [-0.3, -0.25) is 0 Å². The van der Waals surface area contributed by atoms with E-state index in [4.69, 9.17) is 4.74 Å². The summed E-state index contributed by atoms with van der Waals surface area (Å²) in [5.74, 6) is 0.776. The van der Waals surface area contributed by atoms with Crippen molar-refractivity contribution in [3.05, 3.63) is 22.4 Å². The Kier molecular flexibility index (Phi) is 5.43. The van der Waals surface area contributed by atoms with E-state index in [1.807, 2.05) is 6.92 Å². The molecule has 19 heavy (non-hydrogen) atoms. The van der Waals surface area contributed by atoms with E-state index in [0.29, 0.717) is 6.61 Å². The molecule has 0 spiro atoms. The molecule has 0 amide bonds. The Morgan fingerprint density at radius 2 is 2.21 bits per heavy atom. The first kappa shape index (κ1) is 15.0.